The van der Waals surface area contributed by atoms with Crippen molar-refractivity contribution in [2.24, 2.45) is 0 Å². The lowest BCUT2D eigenvalue weighted by molar-refractivity contribution is -0.128. The van der Waals surface area contributed by atoms with Crippen LogP contribution >= 0.6 is 11.8 Å². The molecule has 2 aromatic rings. The van der Waals surface area contributed by atoms with E-state index in [1.807, 2.05) is 36.9 Å². The minimum absolute atomic E-state index is 0.0955. The second-order valence-corrected chi connectivity index (χ2v) is 7.46. The fraction of sp³-hybridized carbons (Fsp3) is 0.500. The molecule has 138 valence electrons. The molecule has 1 aliphatic carbocycles. The quantitative estimate of drug-likeness (QED) is 0.694. The molecule has 2 aliphatic rings. The van der Waals surface area contributed by atoms with E-state index in [1.165, 1.54) is 24.6 Å². The van der Waals surface area contributed by atoms with Crippen molar-refractivity contribution < 1.29 is 14.3 Å². The molecule has 2 heterocycles. The number of benzene rings is 1. The van der Waals surface area contributed by atoms with Crippen LogP contribution < -0.4 is 9.47 Å². The molecule has 26 heavy (non-hydrogen) atoms. The number of rotatable bonds is 7. The Kier molecular flexibility index (Phi) is 4.76. The number of thioether (sulfide) groups is 1. The minimum atomic E-state index is 0.0955. The molecule has 1 amide bonds. The van der Waals surface area contributed by atoms with Crippen molar-refractivity contribution in [3.05, 3.63) is 29.6 Å². The molecule has 0 spiro atoms. The van der Waals surface area contributed by atoms with E-state index in [0.717, 1.165) is 28.0 Å². The van der Waals surface area contributed by atoms with Crippen molar-refractivity contribution in [1.82, 2.24) is 19.7 Å². The van der Waals surface area contributed by atoms with Gasteiger partial charge in [0.1, 0.15) is 5.82 Å². The summed E-state index contributed by atoms with van der Waals surface area (Å²) in [6, 6.07) is 6.33. The molecule has 0 unspecified atom stereocenters. The number of fused-ring (bicyclic) bond motifs is 1. The highest BCUT2D eigenvalue weighted by atomic mass is 32.2. The van der Waals surface area contributed by atoms with Crippen molar-refractivity contribution in [3.63, 3.8) is 0 Å². The highest BCUT2D eigenvalue weighted by Crippen LogP contribution is 2.38. The van der Waals surface area contributed by atoms with Crippen LogP contribution in [0, 0.1) is 6.92 Å². The Hall–Kier alpha value is -2.22. The lowest BCUT2D eigenvalue weighted by atomic mass is 10.2. The van der Waals surface area contributed by atoms with Crippen LogP contribution in [0.25, 0.3) is 0 Å². The number of nitrogens with zero attached hydrogens (tertiary/aromatic N) is 4. The predicted molar refractivity (Wildman–Crippen MR) is 97.4 cm³/mol. The van der Waals surface area contributed by atoms with E-state index >= 15 is 0 Å². The molecular weight excluding hydrogens is 352 g/mol. The molecule has 0 saturated heterocycles. The summed E-state index contributed by atoms with van der Waals surface area (Å²) in [5.41, 5.74) is 1.03. The third kappa shape index (κ3) is 3.51. The van der Waals surface area contributed by atoms with Gasteiger partial charge in [-0.05, 0) is 44.4 Å². The van der Waals surface area contributed by atoms with Crippen molar-refractivity contribution >= 4 is 17.7 Å². The van der Waals surface area contributed by atoms with Crippen molar-refractivity contribution in [3.8, 4) is 11.5 Å². The Morgan fingerprint density at radius 2 is 2.12 bits per heavy atom. The maximum absolute atomic E-state index is 12.7. The van der Waals surface area contributed by atoms with Crippen LogP contribution in [0.3, 0.4) is 0 Å². The van der Waals surface area contributed by atoms with E-state index in [4.69, 9.17) is 9.47 Å². The fourth-order valence-electron chi connectivity index (χ4n) is 3.06. The Morgan fingerprint density at radius 1 is 1.31 bits per heavy atom. The van der Waals surface area contributed by atoms with E-state index in [2.05, 4.69) is 14.8 Å². The number of carbonyl (C=O) groups excluding carboxylic acids is 1. The summed E-state index contributed by atoms with van der Waals surface area (Å²) < 4.78 is 12.9. The highest BCUT2D eigenvalue weighted by molar-refractivity contribution is 7.99. The number of aromatic nitrogens is 3. The third-order valence-corrected chi connectivity index (χ3v) is 5.54. The summed E-state index contributed by atoms with van der Waals surface area (Å²) in [6.45, 7) is 5.43. The first-order valence-electron chi connectivity index (χ1n) is 8.86. The smallest absolute Gasteiger partial charge is 0.233 e. The number of ether oxygens (including phenoxy) is 2. The summed E-state index contributed by atoms with van der Waals surface area (Å²) in [6.07, 6.45) is 2.34. The molecule has 0 atom stereocenters. The number of aryl methyl sites for hydroxylation is 1. The zero-order valence-corrected chi connectivity index (χ0v) is 15.8. The molecule has 0 radical (unpaired) electrons. The normalized spacial score (nSPS) is 15.3. The third-order valence-electron chi connectivity index (χ3n) is 4.62. The number of amides is 1. The molecule has 1 fully saturated rings. The van der Waals surface area contributed by atoms with Gasteiger partial charge in [-0.3, -0.25) is 4.79 Å². The second-order valence-electron chi connectivity index (χ2n) is 6.52. The van der Waals surface area contributed by atoms with E-state index in [0.29, 0.717) is 24.9 Å². The van der Waals surface area contributed by atoms with Gasteiger partial charge in [-0.15, -0.1) is 10.2 Å². The van der Waals surface area contributed by atoms with Gasteiger partial charge in [0.2, 0.25) is 12.7 Å². The molecule has 1 aliphatic heterocycles. The summed E-state index contributed by atoms with van der Waals surface area (Å²) in [4.78, 5) is 14.5. The molecule has 1 saturated carbocycles. The lowest BCUT2D eigenvalue weighted by Gasteiger charge is -2.21. The van der Waals surface area contributed by atoms with E-state index in [-0.39, 0.29) is 12.7 Å². The van der Waals surface area contributed by atoms with Crippen LogP contribution in [0.4, 0.5) is 0 Å². The number of hydrogen-bond donors (Lipinski definition) is 0. The average Bonchev–Trinajstić information content (AvgIpc) is 3.25. The van der Waals surface area contributed by atoms with Gasteiger partial charge in [-0.25, -0.2) is 0 Å². The van der Waals surface area contributed by atoms with Crippen molar-refractivity contribution in [2.75, 3.05) is 19.1 Å². The van der Waals surface area contributed by atoms with Crippen LogP contribution in [-0.2, 0) is 11.3 Å². The molecule has 4 rings (SSSR count). The minimum Gasteiger partial charge on any atom is -0.454 e. The Balaban J connectivity index is 1.38. The van der Waals surface area contributed by atoms with Crippen LogP contribution in [-0.4, -0.2) is 44.7 Å². The summed E-state index contributed by atoms with van der Waals surface area (Å²) in [5, 5.41) is 9.24. The zero-order chi connectivity index (χ0) is 18.1. The molecule has 0 bridgehead atoms. The first-order chi connectivity index (χ1) is 12.7. The van der Waals surface area contributed by atoms with Gasteiger partial charge in [0.15, 0.2) is 16.7 Å². The van der Waals surface area contributed by atoms with E-state index < -0.39 is 0 Å². The number of carbonyl (C=O) groups is 1. The standard InChI is InChI=1S/C18H22N4O3S/c1-3-21(9-13-4-7-15-16(8-13)25-11-24-15)17(23)10-26-18-20-19-12(2)22(18)14-5-6-14/h4,7-8,14H,3,5-6,9-11H2,1-2H3. The molecule has 8 heteroatoms. The maximum Gasteiger partial charge on any atom is 0.233 e. The van der Waals surface area contributed by atoms with Gasteiger partial charge in [0.05, 0.1) is 5.75 Å². The van der Waals surface area contributed by atoms with Crippen molar-refractivity contribution in [1.29, 1.82) is 0 Å². The first kappa shape index (κ1) is 17.2. The molecule has 0 N–H and O–H groups in total. The SMILES string of the molecule is CCN(Cc1ccc2c(c1)OCO2)C(=O)CSc1nnc(C)n1C1CC1. The van der Waals surface area contributed by atoms with Crippen LogP contribution in [0.15, 0.2) is 23.4 Å². The molecule has 7 nitrogen and oxygen atoms in total. The summed E-state index contributed by atoms with van der Waals surface area (Å²) in [7, 11) is 0. The zero-order valence-electron chi connectivity index (χ0n) is 15.0. The fourth-order valence-corrected chi connectivity index (χ4v) is 4.01. The van der Waals surface area contributed by atoms with E-state index in [9.17, 15) is 4.79 Å². The Labute approximate surface area is 156 Å². The number of hydrogen-bond acceptors (Lipinski definition) is 6. The molecule has 1 aromatic heterocycles. The van der Waals surface area contributed by atoms with Crippen molar-refractivity contribution in [2.45, 2.75) is 44.4 Å². The molecular formula is C18H22N4O3S. The maximum atomic E-state index is 12.7. The largest absolute Gasteiger partial charge is 0.454 e. The van der Waals surface area contributed by atoms with Gasteiger partial charge < -0.3 is 18.9 Å². The first-order valence-corrected chi connectivity index (χ1v) is 9.85. The topological polar surface area (TPSA) is 69.5 Å². The van der Waals surface area contributed by atoms with Crippen LogP contribution in [0.5, 0.6) is 11.5 Å². The highest BCUT2D eigenvalue weighted by Gasteiger charge is 2.28. The second kappa shape index (κ2) is 7.19. The summed E-state index contributed by atoms with van der Waals surface area (Å²) in [5.74, 6) is 2.89. The average molecular weight is 374 g/mol. The van der Waals surface area contributed by atoms with Crippen LogP contribution in [0.1, 0.15) is 37.2 Å². The van der Waals surface area contributed by atoms with Gasteiger partial charge in [0, 0.05) is 19.1 Å². The van der Waals surface area contributed by atoms with Gasteiger partial charge in [0.25, 0.3) is 0 Å². The monoisotopic (exact) mass is 374 g/mol. The van der Waals surface area contributed by atoms with Gasteiger partial charge in [-0.2, -0.15) is 0 Å². The Morgan fingerprint density at radius 3 is 2.88 bits per heavy atom. The van der Waals surface area contributed by atoms with Gasteiger partial charge in [-0.1, -0.05) is 17.8 Å². The Bertz CT molecular complexity index is 819. The lowest BCUT2D eigenvalue weighted by Crippen LogP contribution is -2.31. The van der Waals surface area contributed by atoms with Gasteiger partial charge >= 0.3 is 0 Å². The van der Waals surface area contributed by atoms with Crippen LogP contribution in [0.2, 0.25) is 0 Å². The summed E-state index contributed by atoms with van der Waals surface area (Å²) >= 11 is 1.47. The van der Waals surface area contributed by atoms with E-state index in [1.54, 1.807) is 0 Å². The predicted octanol–water partition coefficient (Wildman–Crippen LogP) is 2.79. The molecule has 1 aromatic carbocycles.